The minimum atomic E-state index is -0.115. The van der Waals surface area contributed by atoms with Crippen LogP contribution in [0.4, 0.5) is 0 Å². The highest BCUT2D eigenvalue weighted by Gasteiger charge is 2.13. The lowest BCUT2D eigenvalue weighted by molar-refractivity contribution is -0.118. The van der Waals surface area contributed by atoms with Crippen molar-refractivity contribution in [2.45, 2.75) is 19.8 Å². The van der Waals surface area contributed by atoms with Gasteiger partial charge in [0.05, 0.1) is 4.88 Å². The summed E-state index contributed by atoms with van der Waals surface area (Å²) in [7, 11) is 0. The van der Waals surface area contributed by atoms with Crippen LogP contribution in [0.5, 0.6) is 0 Å². The minimum Gasteiger partial charge on any atom is -0.299 e. The van der Waals surface area contributed by atoms with E-state index in [0.29, 0.717) is 5.56 Å². The van der Waals surface area contributed by atoms with Gasteiger partial charge in [-0.3, -0.25) is 9.59 Å². The maximum Gasteiger partial charge on any atom is 0.202 e. The molecule has 1 atom stereocenters. The molecule has 0 radical (unpaired) electrons. The smallest absolute Gasteiger partial charge is 0.202 e. The van der Waals surface area contributed by atoms with E-state index in [1.165, 1.54) is 11.3 Å². The Bertz CT molecular complexity index is 553. The lowest BCUT2D eigenvalue weighted by Crippen LogP contribution is -2.05. The summed E-state index contributed by atoms with van der Waals surface area (Å²) in [6.07, 6.45) is 0. The summed E-state index contributed by atoms with van der Waals surface area (Å²) in [6, 6.07) is 11.0. The summed E-state index contributed by atoms with van der Waals surface area (Å²) in [4.78, 5) is 24.1. The van der Waals surface area contributed by atoms with E-state index in [-0.39, 0.29) is 17.5 Å². The Morgan fingerprint density at radius 3 is 2.28 bits per heavy atom. The van der Waals surface area contributed by atoms with Crippen LogP contribution in [-0.4, -0.2) is 11.6 Å². The number of ketones is 2. The topological polar surface area (TPSA) is 34.1 Å². The fourth-order valence-electron chi connectivity index (χ4n) is 1.71. The highest BCUT2D eigenvalue weighted by atomic mass is 32.1. The van der Waals surface area contributed by atoms with Gasteiger partial charge < -0.3 is 0 Å². The third kappa shape index (κ3) is 2.57. The summed E-state index contributed by atoms with van der Waals surface area (Å²) >= 11 is 1.44. The Morgan fingerprint density at radius 1 is 1.11 bits per heavy atom. The molecule has 0 fully saturated rings. The third-order valence-corrected chi connectivity index (χ3v) is 3.90. The van der Waals surface area contributed by atoms with Crippen LogP contribution in [0.15, 0.2) is 41.8 Å². The van der Waals surface area contributed by atoms with Crippen molar-refractivity contribution in [3.63, 3.8) is 0 Å². The van der Waals surface area contributed by atoms with Crippen LogP contribution in [0.25, 0.3) is 0 Å². The van der Waals surface area contributed by atoms with Crippen LogP contribution in [0.2, 0.25) is 0 Å². The largest absolute Gasteiger partial charge is 0.299 e. The normalized spacial score (nSPS) is 12.1. The molecule has 0 aliphatic carbocycles. The summed E-state index contributed by atoms with van der Waals surface area (Å²) in [5, 5.41) is 1.89. The molecule has 0 amide bonds. The van der Waals surface area contributed by atoms with Gasteiger partial charge in [0.25, 0.3) is 0 Å². The van der Waals surface area contributed by atoms with Crippen LogP contribution in [0.1, 0.15) is 40.6 Å². The molecule has 0 aliphatic rings. The second-order valence-corrected chi connectivity index (χ2v) is 5.21. The highest BCUT2D eigenvalue weighted by Crippen LogP contribution is 2.19. The van der Waals surface area contributed by atoms with E-state index in [0.717, 1.165) is 10.4 Å². The number of carbonyl (C=O) groups excluding carboxylic acids is 2. The van der Waals surface area contributed by atoms with Gasteiger partial charge in [-0.25, -0.2) is 0 Å². The second kappa shape index (κ2) is 5.27. The zero-order valence-electron chi connectivity index (χ0n) is 10.3. The summed E-state index contributed by atoms with van der Waals surface area (Å²) < 4.78 is 0. The monoisotopic (exact) mass is 258 g/mol. The Morgan fingerprint density at radius 2 is 1.78 bits per heavy atom. The first kappa shape index (κ1) is 12.7. The van der Waals surface area contributed by atoms with Gasteiger partial charge in [0.2, 0.25) is 5.78 Å². The molecule has 2 rings (SSSR count). The molecule has 2 nitrogen and oxygen atoms in total. The molecule has 3 heteroatoms. The molecule has 1 aromatic carbocycles. The van der Waals surface area contributed by atoms with Gasteiger partial charge in [0.15, 0.2) is 0 Å². The number of thiophene rings is 1. The van der Waals surface area contributed by atoms with Crippen LogP contribution in [-0.2, 0) is 4.79 Å². The van der Waals surface area contributed by atoms with E-state index in [4.69, 9.17) is 0 Å². The Balaban J connectivity index is 2.23. The van der Waals surface area contributed by atoms with Gasteiger partial charge in [0.1, 0.15) is 5.78 Å². The third-order valence-electron chi connectivity index (χ3n) is 3.03. The van der Waals surface area contributed by atoms with E-state index in [1.807, 2.05) is 36.6 Å². The fourth-order valence-corrected chi connectivity index (χ4v) is 2.39. The van der Waals surface area contributed by atoms with Crippen LogP contribution in [0.3, 0.4) is 0 Å². The van der Waals surface area contributed by atoms with Crippen LogP contribution < -0.4 is 0 Å². The van der Waals surface area contributed by atoms with Gasteiger partial charge in [0, 0.05) is 11.5 Å². The van der Waals surface area contributed by atoms with Crippen LogP contribution >= 0.6 is 11.3 Å². The number of rotatable bonds is 4. The SMILES string of the molecule is CC(=O)C(C)c1ccc(C(=O)c2cccs2)cc1. The van der Waals surface area contributed by atoms with Gasteiger partial charge in [-0.1, -0.05) is 37.3 Å². The maximum atomic E-state index is 12.1. The second-order valence-electron chi connectivity index (χ2n) is 4.26. The average Bonchev–Trinajstić information content (AvgIpc) is 2.91. The molecular formula is C15H14O2S. The number of hydrogen-bond acceptors (Lipinski definition) is 3. The predicted octanol–water partition coefficient (Wildman–Crippen LogP) is 3.67. The predicted molar refractivity (Wildman–Crippen MR) is 73.3 cm³/mol. The van der Waals surface area contributed by atoms with Gasteiger partial charge in [-0.2, -0.15) is 0 Å². The zero-order valence-corrected chi connectivity index (χ0v) is 11.2. The summed E-state index contributed by atoms with van der Waals surface area (Å²) in [6.45, 7) is 3.45. The Hall–Kier alpha value is -1.74. The van der Waals surface area contributed by atoms with E-state index < -0.39 is 0 Å². The fraction of sp³-hybridized carbons (Fsp3) is 0.200. The number of Topliss-reactive ketones (excluding diaryl/α,β-unsaturated/α-hetero) is 1. The summed E-state index contributed by atoms with van der Waals surface area (Å²) in [5.74, 6) is 0.0512. The van der Waals surface area contributed by atoms with E-state index >= 15 is 0 Å². The first-order valence-corrected chi connectivity index (χ1v) is 6.66. The first-order chi connectivity index (χ1) is 8.59. The van der Waals surface area contributed by atoms with Crippen LogP contribution in [0, 0.1) is 0 Å². The number of hydrogen-bond donors (Lipinski definition) is 0. The highest BCUT2D eigenvalue weighted by molar-refractivity contribution is 7.12. The molecule has 0 saturated heterocycles. The zero-order chi connectivity index (χ0) is 13.1. The molecule has 18 heavy (non-hydrogen) atoms. The Kier molecular flexibility index (Phi) is 3.72. The number of benzene rings is 1. The van der Waals surface area contributed by atoms with Crippen molar-refractivity contribution in [2.24, 2.45) is 0 Å². The van der Waals surface area contributed by atoms with Gasteiger partial charge in [-0.15, -0.1) is 11.3 Å². The van der Waals surface area contributed by atoms with E-state index in [1.54, 1.807) is 19.1 Å². The minimum absolute atomic E-state index is 0.0343. The van der Waals surface area contributed by atoms with E-state index in [2.05, 4.69) is 0 Å². The molecule has 0 N–H and O–H groups in total. The standard InChI is InChI=1S/C15H14O2S/c1-10(11(2)16)12-5-7-13(8-6-12)15(17)14-4-3-9-18-14/h3-10H,1-2H3. The molecular weight excluding hydrogens is 244 g/mol. The Labute approximate surface area is 110 Å². The summed E-state index contributed by atoms with van der Waals surface area (Å²) in [5.41, 5.74) is 1.61. The van der Waals surface area contributed by atoms with Crippen molar-refractivity contribution in [1.82, 2.24) is 0 Å². The molecule has 1 heterocycles. The average molecular weight is 258 g/mol. The van der Waals surface area contributed by atoms with E-state index in [9.17, 15) is 9.59 Å². The molecule has 0 aliphatic heterocycles. The first-order valence-electron chi connectivity index (χ1n) is 5.78. The van der Waals surface area contributed by atoms with Crippen molar-refractivity contribution in [3.8, 4) is 0 Å². The molecule has 1 aromatic heterocycles. The van der Waals surface area contributed by atoms with Crippen molar-refractivity contribution < 1.29 is 9.59 Å². The molecule has 0 saturated carbocycles. The molecule has 92 valence electrons. The maximum absolute atomic E-state index is 12.1. The molecule has 2 aromatic rings. The molecule has 1 unspecified atom stereocenters. The quantitative estimate of drug-likeness (QED) is 0.784. The van der Waals surface area contributed by atoms with Crippen molar-refractivity contribution >= 4 is 22.9 Å². The van der Waals surface area contributed by atoms with Gasteiger partial charge >= 0.3 is 0 Å². The lowest BCUT2D eigenvalue weighted by Gasteiger charge is -2.08. The molecule has 0 spiro atoms. The lowest BCUT2D eigenvalue weighted by atomic mass is 9.96. The number of carbonyl (C=O) groups is 2. The van der Waals surface area contributed by atoms with Crippen molar-refractivity contribution in [1.29, 1.82) is 0 Å². The molecule has 0 bridgehead atoms. The van der Waals surface area contributed by atoms with Crippen molar-refractivity contribution in [3.05, 3.63) is 57.8 Å². The van der Waals surface area contributed by atoms with Gasteiger partial charge in [-0.05, 0) is 23.9 Å². The van der Waals surface area contributed by atoms with Crippen molar-refractivity contribution in [2.75, 3.05) is 0 Å².